The second kappa shape index (κ2) is 6.98. The van der Waals surface area contributed by atoms with Crippen molar-refractivity contribution in [1.29, 1.82) is 0 Å². The molecule has 4 rings (SSSR count). The van der Waals surface area contributed by atoms with Gasteiger partial charge in [0, 0.05) is 36.6 Å². The average Bonchev–Trinajstić information content (AvgIpc) is 3.35. The van der Waals surface area contributed by atoms with E-state index in [0.29, 0.717) is 12.3 Å². The van der Waals surface area contributed by atoms with E-state index in [0.717, 1.165) is 26.2 Å². The van der Waals surface area contributed by atoms with Gasteiger partial charge in [0.25, 0.3) is 0 Å². The number of hydrogen-bond acceptors (Lipinski definition) is 2. The third-order valence-corrected chi connectivity index (χ3v) is 5.49. The fourth-order valence-corrected chi connectivity index (χ4v) is 4.14. The maximum atomic E-state index is 12.4. The van der Waals surface area contributed by atoms with Gasteiger partial charge in [-0.25, -0.2) is 0 Å². The van der Waals surface area contributed by atoms with Crippen LogP contribution in [0.4, 0.5) is 0 Å². The number of para-hydroxylation sites is 1. The van der Waals surface area contributed by atoms with Crippen LogP contribution < -0.4 is 0 Å². The Balaban J connectivity index is 1.50. The van der Waals surface area contributed by atoms with Crippen LogP contribution in [0.3, 0.4) is 0 Å². The summed E-state index contributed by atoms with van der Waals surface area (Å²) in [7, 11) is 0. The molecule has 2 fully saturated rings. The average molecular weight is 325 g/mol. The summed E-state index contributed by atoms with van der Waals surface area (Å²) in [6.07, 6.45) is 8.73. The highest BCUT2D eigenvalue weighted by Gasteiger charge is 2.19. The van der Waals surface area contributed by atoms with Gasteiger partial charge in [-0.15, -0.1) is 0 Å². The van der Waals surface area contributed by atoms with E-state index in [1.165, 1.54) is 55.2 Å². The number of carbonyl (C=O) groups excluding carboxylic acids is 1. The molecular formula is C20H27N3O. The molecule has 2 saturated heterocycles. The number of amides is 1. The van der Waals surface area contributed by atoms with Gasteiger partial charge < -0.3 is 9.47 Å². The zero-order valence-electron chi connectivity index (χ0n) is 14.4. The van der Waals surface area contributed by atoms with Crippen molar-refractivity contribution in [3.8, 4) is 0 Å². The number of carbonyl (C=O) groups is 1. The molecule has 0 radical (unpaired) electrons. The Hall–Kier alpha value is -1.81. The first kappa shape index (κ1) is 15.7. The lowest BCUT2D eigenvalue weighted by Gasteiger charge is -2.16. The molecule has 4 heteroatoms. The number of hydrogen-bond donors (Lipinski definition) is 0. The predicted molar refractivity (Wildman–Crippen MR) is 96.9 cm³/mol. The van der Waals surface area contributed by atoms with Crippen molar-refractivity contribution in [2.75, 3.05) is 26.2 Å². The van der Waals surface area contributed by atoms with Crippen molar-refractivity contribution < 1.29 is 4.79 Å². The molecule has 0 atom stereocenters. The van der Waals surface area contributed by atoms with Crippen molar-refractivity contribution in [3.05, 3.63) is 36.0 Å². The van der Waals surface area contributed by atoms with E-state index >= 15 is 0 Å². The first-order chi connectivity index (χ1) is 11.8. The highest BCUT2D eigenvalue weighted by molar-refractivity contribution is 5.85. The molecule has 1 aromatic heterocycles. The molecule has 2 aliphatic rings. The maximum Gasteiger partial charge on any atom is 0.222 e. The van der Waals surface area contributed by atoms with Crippen LogP contribution in [0.5, 0.6) is 0 Å². The third kappa shape index (κ3) is 3.20. The first-order valence-electron chi connectivity index (χ1n) is 9.38. The molecule has 4 nitrogen and oxygen atoms in total. The molecular weight excluding hydrogens is 298 g/mol. The summed E-state index contributed by atoms with van der Waals surface area (Å²) < 4.78 is 2.37. The zero-order valence-corrected chi connectivity index (χ0v) is 14.4. The summed E-state index contributed by atoms with van der Waals surface area (Å²) in [5.41, 5.74) is 2.62. The molecule has 0 saturated carbocycles. The molecule has 0 N–H and O–H groups in total. The monoisotopic (exact) mass is 325 g/mol. The lowest BCUT2D eigenvalue weighted by atomic mass is 10.1. The second-order valence-electron chi connectivity index (χ2n) is 7.20. The largest absolute Gasteiger partial charge is 0.343 e. The zero-order chi connectivity index (χ0) is 16.4. The van der Waals surface area contributed by atoms with Crippen LogP contribution in [0.25, 0.3) is 10.9 Å². The number of likely N-dealkylation sites (tertiary alicyclic amines) is 2. The van der Waals surface area contributed by atoms with Crippen molar-refractivity contribution in [2.24, 2.45) is 0 Å². The van der Waals surface area contributed by atoms with E-state index < -0.39 is 0 Å². The molecule has 0 aliphatic carbocycles. The third-order valence-electron chi connectivity index (χ3n) is 5.49. The van der Waals surface area contributed by atoms with Gasteiger partial charge in [-0.1, -0.05) is 18.2 Å². The standard InChI is InChI=1S/C20H27N3O/c24-20(22-13-5-6-14-22)10-9-17-15-23(16-21-11-3-4-12-21)19-8-2-1-7-18(17)19/h1-2,7-8,15H,3-6,9-14,16H2. The van der Waals surface area contributed by atoms with Gasteiger partial charge in [0.15, 0.2) is 0 Å². The van der Waals surface area contributed by atoms with E-state index in [1.54, 1.807) is 0 Å². The Morgan fingerprint density at radius 1 is 0.958 bits per heavy atom. The number of rotatable bonds is 5. The number of nitrogens with zero attached hydrogens (tertiary/aromatic N) is 3. The molecule has 1 amide bonds. The molecule has 128 valence electrons. The van der Waals surface area contributed by atoms with Gasteiger partial charge in [-0.2, -0.15) is 0 Å². The number of aryl methyl sites for hydroxylation is 1. The quantitative estimate of drug-likeness (QED) is 0.844. The Labute approximate surface area is 144 Å². The lowest BCUT2D eigenvalue weighted by molar-refractivity contribution is -0.130. The Bertz CT molecular complexity index is 709. The number of aromatic nitrogens is 1. The highest BCUT2D eigenvalue weighted by atomic mass is 16.2. The number of fused-ring (bicyclic) bond motifs is 1. The Morgan fingerprint density at radius 2 is 1.67 bits per heavy atom. The molecule has 0 bridgehead atoms. The SMILES string of the molecule is O=C(CCc1cn(CN2CCCC2)c2ccccc12)N1CCCC1. The minimum Gasteiger partial charge on any atom is -0.343 e. The molecule has 3 heterocycles. The van der Waals surface area contributed by atoms with E-state index in [9.17, 15) is 4.79 Å². The van der Waals surface area contributed by atoms with Gasteiger partial charge in [-0.3, -0.25) is 9.69 Å². The highest BCUT2D eigenvalue weighted by Crippen LogP contribution is 2.24. The van der Waals surface area contributed by atoms with E-state index in [2.05, 4.69) is 39.9 Å². The summed E-state index contributed by atoms with van der Waals surface area (Å²) >= 11 is 0. The van der Waals surface area contributed by atoms with Crippen LogP contribution in [0, 0.1) is 0 Å². The first-order valence-corrected chi connectivity index (χ1v) is 9.38. The minimum absolute atomic E-state index is 0.323. The van der Waals surface area contributed by atoms with Gasteiger partial charge in [0.05, 0.1) is 6.67 Å². The molecule has 2 aromatic rings. The van der Waals surface area contributed by atoms with Crippen LogP contribution >= 0.6 is 0 Å². The molecule has 1 aromatic carbocycles. The molecule has 24 heavy (non-hydrogen) atoms. The predicted octanol–water partition coefficient (Wildman–Crippen LogP) is 3.25. The fraction of sp³-hybridized carbons (Fsp3) is 0.550. The van der Waals surface area contributed by atoms with Crippen molar-refractivity contribution in [3.63, 3.8) is 0 Å². The van der Waals surface area contributed by atoms with Gasteiger partial charge in [-0.05, 0) is 56.8 Å². The topological polar surface area (TPSA) is 28.5 Å². The minimum atomic E-state index is 0.323. The Morgan fingerprint density at radius 3 is 2.46 bits per heavy atom. The van der Waals surface area contributed by atoms with Crippen molar-refractivity contribution >= 4 is 16.8 Å². The normalized spacial score (nSPS) is 18.8. The smallest absolute Gasteiger partial charge is 0.222 e. The van der Waals surface area contributed by atoms with E-state index in [1.807, 2.05) is 4.90 Å². The van der Waals surface area contributed by atoms with Gasteiger partial charge in [0.1, 0.15) is 0 Å². The van der Waals surface area contributed by atoms with E-state index in [4.69, 9.17) is 0 Å². The van der Waals surface area contributed by atoms with Crippen LogP contribution in [-0.2, 0) is 17.9 Å². The maximum absolute atomic E-state index is 12.4. The van der Waals surface area contributed by atoms with Gasteiger partial charge >= 0.3 is 0 Å². The van der Waals surface area contributed by atoms with Crippen molar-refractivity contribution in [1.82, 2.24) is 14.4 Å². The van der Waals surface area contributed by atoms with Crippen LogP contribution in [0.15, 0.2) is 30.5 Å². The second-order valence-corrected chi connectivity index (χ2v) is 7.20. The van der Waals surface area contributed by atoms with Crippen LogP contribution in [0.2, 0.25) is 0 Å². The summed E-state index contributed by atoms with van der Waals surface area (Å²) in [6.45, 7) is 5.29. The van der Waals surface area contributed by atoms with Gasteiger partial charge in [0.2, 0.25) is 5.91 Å². The van der Waals surface area contributed by atoms with Crippen LogP contribution in [0.1, 0.15) is 37.7 Å². The molecule has 0 spiro atoms. The number of benzene rings is 1. The summed E-state index contributed by atoms with van der Waals surface area (Å²) in [4.78, 5) is 16.9. The molecule has 0 unspecified atom stereocenters. The summed E-state index contributed by atoms with van der Waals surface area (Å²) in [6, 6.07) is 8.62. The van der Waals surface area contributed by atoms with E-state index in [-0.39, 0.29) is 0 Å². The molecule has 2 aliphatic heterocycles. The summed E-state index contributed by atoms with van der Waals surface area (Å²) in [5.74, 6) is 0.323. The summed E-state index contributed by atoms with van der Waals surface area (Å²) in [5, 5.41) is 1.31. The van der Waals surface area contributed by atoms with Crippen LogP contribution in [-0.4, -0.2) is 46.5 Å². The lowest BCUT2D eigenvalue weighted by Crippen LogP contribution is -2.27. The fourth-order valence-electron chi connectivity index (χ4n) is 4.14. The Kier molecular flexibility index (Phi) is 4.56. The van der Waals surface area contributed by atoms with Crippen molar-refractivity contribution in [2.45, 2.75) is 45.2 Å².